The third-order valence-corrected chi connectivity index (χ3v) is 4.25. The van der Waals surface area contributed by atoms with Crippen LogP contribution in [0.15, 0.2) is 53.0 Å². The lowest BCUT2D eigenvalue weighted by atomic mass is 10.1. The summed E-state index contributed by atoms with van der Waals surface area (Å²) in [6, 6.07) is 11.6. The fraction of sp³-hybridized carbons (Fsp3) is 0.273. The van der Waals surface area contributed by atoms with E-state index in [2.05, 4.69) is 26.5 Å². The molecule has 27 heavy (non-hydrogen) atoms. The van der Waals surface area contributed by atoms with Gasteiger partial charge in [-0.3, -0.25) is 4.98 Å². The van der Waals surface area contributed by atoms with Gasteiger partial charge in [-0.1, -0.05) is 20.4 Å². The molecular weight excluding hydrogens is 342 g/mol. The van der Waals surface area contributed by atoms with E-state index in [-0.39, 0.29) is 6.79 Å². The largest absolute Gasteiger partial charge is 0.457 e. The molecule has 0 aliphatic carbocycles. The number of aromatic nitrogens is 1. The van der Waals surface area contributed by atoms with Gasteiger partial charge < -0.3 is 13.9 Å². The summed E-state index contributed by atoms with van der Waals surface area (Å²) < 4.78 is 16.4. The first-order valence-electron chi connectivity index (χ1n) is 9.00. The van der Waals surface area contributed by atoms with Gasteiger partial charge in [0.2, 0.25) is 6.79 Å². The molecule has 1 aromatic carbocycles. The zero-order chi connectivity index (χ0) is 19.4. The first-order chi connectivity index (χ1) is 13.0. The second-order valence-corrected chi connectivity index (χ2v) is 6.29. The molecule has 0 bridgehead atoms. The predicted molar refractivity (Wildman–Crippen MR) is 105 cm³/mol. The summed E-state index contributed by atoms with van der Waals surface area (Å²) in [5, 5.41) is 0.970. The minimum Gasteiger partial charge on any atom is -0.457 e. The second-order valence-electron chi connectivity index (χ2n) is 6.29. The monoisotopic (exact) mass is 365 g/mol. The number of rotatable bonds is 7. The lowest BCUT2D eigenvalue weighted by Gasteiger charge is -2.07. The van der Waals surface area contributed by atoms with E-state index in [4.69, 9.17) is 18.9 Å². The van der Waals surface area contributed by atoms with E-state index in [9.17, 15) is 4.79 Å². The average Bonchev–Trinajstić information content (AvgIpc) is 3.10. The lowest BCUT2D eigenvalue weighted by molar-refractivity contribution is -0.145. The van der Waals surface area contributed by atoms with E-state index >= 15 is 0 Å². The van der Waals surface area contributed by atoms with Crippen LogP contribution in [0, 0.1) is 0 Å². The number of pyridine rings is 1. The van der Waals surface area contributed by atoms with Crippen LogP contribution in [0.1, 0.15) is 32.2 Å². The van der Waals surface area contributed by atoms with Crippen molar-refractivity contribution in [2.24, 2.45) is 0 Å². The van der Waals surface area contributed by atoms with Gasteiger partial charge >= 0.3 is 5.97 Å². The molecule has 0 unspecified atom stereocenters. The molecule has 2 aromatic heterocycles. The van der Waals surface area contributed by atoms with Crippen molar-refractivity contribution in [2.45, 2.75) is 33.6 Å². The zero-order valence-corrected chi connectivity index (χ0v) is 15.9. The minimum absolute atomic E-state index is 0.173. The van der Waals surface area contributed by atoms with Crippen molar-refractivity contribution in [2.75, 3.05) is 6.79 Å². The van der Waals surface area contributed by atoms with E-state index in [0.717, 1.165) is 40.9 Å². The van der Waals surface area contributed by atoms with Crippen LogP contribution in [0.3, 0.4) is 0 Å². The third-order valence-electron chi connectivity index (χ3n) is 4.25. The fourth-order valence-corrected chi connectivity index (χ4v) is 2.75. The Kier molecular flexibility index (Phi) is 5.60. The normalized spacial score (nSPS) is 10.8. The van der Waals surface area contributed by atoms with Crippen molar-refractivity contribution in [1.29, 1.82) is 0 Å². The summed E-state index contributed by atoms with van der Waals surface area (Å²) in [5.74, 6) is 0.863. The standard InChI is InChI=1S/C22H23NO4/c1-5-16-8-10-18(19(6-2)23-16)21-11-15-7-9-17(12-20(15)27-21)25-13-26-22(24)14(3)4/h7-12H,3,5-6,13H2,1-2,4H3. The van der Waals surface area contributed by atoms with Gasteiger partial charge in [-0.2, -0.15) is 0 Å². The second kappa shape index (κ2) is 8.08. The number of carbonyl (C=O) groups excluding carboxylic acids is 1. The molecule has 0 saturated carbocycles. The molecule has 0 spiro atoms. The van der Waals surface area contributed by atoms with E-state index in [1.807, 2.05) is 24.3 Å². The van der Waals surface area contributed by atoms with Gasteiger partial charge in [0.05, 0.1) is 5.69 Å². The summed E-state index contributed by atoms with van der Waals surface area (Å²) >= 11 is 0. The number of furan rings is 1. The molecule has 5 heteroatoms. The number of carbonyl (C=O) groups is 1. The van der Waals surface area contributed by atoms with Crippen molar-refractivity contribution in [3.63, 3.8) is 0 Å². The molecule has 140 valence electrons. The summed E-state index contributed by atoms with van der Waals surface area (Å²) in [6.45, 7) is 9.13. The Morgan fingerprint density at radius 3 is 2.67 bits per heavy atom. The molecule has 0 radical (unpaired) electrons. The Hall–Kier alpha value is -3.08. The molecule has 2 heterocycles. The molecule has 0 amide bonds. The lowest BCUT2D eigenvalue weighted by Crippen LogP contribution is -2.10. The SMILES string of the molecule is C=C(C)C(=O)OCOc1ccc2cc(-c3ccc(CC)nc3CC)oc2c1. The minimum atomic E-state index is -0.480. The van der Waals surface area contributed by atoms with Gasteiger partial charge in [-0.25, -0.2) is 4.79 Å². The summed E-state index contributed by atoms with van der Waals surface area (Å²) in [7, 11) is 0. The molecule has 0 N–H and O–H groups in total. The maximum absolute atomic E-state index is 11.4. The van der Waals surface area contributed by atoms with Crippen LogP contribution in [0.5, 0.6) is 5.75 Å². The maximum Gasteiger partial charge on any atom is 0.335 e. The molecule has 0 atom stereocenters. The molecular formula is C22H23NO4. The smallest absolute Gasteiger partial charge is 0.335 e. The summed E-state index contributed by atoms with van der Waals surface area (Å²) in [4.78, 5) is 16.1. The predicted octanol–water partition coefficient (Wildman–Crippen LogP) is 5.08. The Morgan fingerprint density at radius 2 is 1.96 bits per heavy atom. The van der Waals surface area contributed by atoms with Crippen LogP contribution in [-0.4, -0.2) is 17.7 Å². The third kappa shape index (κ3) is 4.19. The van der Waals surface area contributed by atoms with Crippen LogP contribution in [0.25, 0.3) is 22.3 Å². The van der Waals surface area contributed by atoms with Gasteiger partial charge in [0.15, 0.2) is 0 Å². The van der Waals surface area contributed by atoms with Crippen LogP contribution >= 0.6 is 0 Å². The van der Waals surface area contributed by atoms with Crippen molar-refractivity contribution in [3.05, 3.63) is 59.9 Å². The Balaban J connectivity index is 1.82. The van der Waals surface area contributed by atoms with E-state index in [1.54, 1.807) is 13.0 Å². The summed E-state index contributed by atoms with van der Waals surface area (Å²) in [5.41, 5.74) is 4.14. The molecule has 5 nitrogen and oxygen atoms in total. The van der Waals surface area contributed by atoms with Gasteiger partial charge in [0.1, 0.15) is 17.1 Å². The highest BCUT2D eigenvalue weighted by atomic mass is 16.7. The first kappa shape index (κ1) is 18.7. The number of benzene rings is 1. The van der Waals surface area contributed by atoms with Gasteiger partial charge in [-0.15, -0.1) is 0 Å². The van der Waals surface area contributed by atoms with Crippen LogP contribution in [0.2, 0.25) is 0 Å². The van der Waals surface area contributed by atoms with E-state index in [1.165, 1.54) is 0 Å². The van der Waals surface area contributed by atoms with Gasteiger partial charge in [0.25, 0.3) is 0 Å². The Morgan fingerprint density at radius 1 is 1.15 bits per heavy atom. The Bertz CT molecular complexity index is 987. The molecule has 0 saturated heterocycles. The van der Waals surface area contributed by atoms with Crippen LogP contribution < -0.4 is 4.74 Å². The van der Waals surface area contributed by atoms with Crippen molar-refractivity contribution in [3.8, 4) is 17.1 Å². The van der Waals surface area contributed by atoms with E-state index in [0.29, 0.717) is 16.9 Å². The molecule has 3 rings (SSSR count). The summed E-state index contributed by atoms with van der Waals surface area (Å²) in [6.07, 6.45) is 1.74. The number of fused-ring (bicyclic) bond motifs is 1. The molecule has 0 fully saturated rings. The van der Waals surface area contributed by atoms with E-state index < -0.39 is 5.97 Å². The van der Waals surface area contributed by atoms with Gasteiger partial charge in [0, 0.05) is 28.3 Å². The number of ether oxygens (including phenoxy) is 2. The van der Waals surface area contributed by atoms with Crippen molar-refractivity contribution >= 4 is 16.9 Å². The number of hydrogen-bond donors (Lipinski definition) is 0. The Labute approximate surface area is 158 Å². The molecule has 0 aliphatic heterocycles. The topological polar surface area (TPSA) is 61.6 Å². The molecule has 0 aliphatic rings. The highest BCUT2D eigenvalue weighted by molar-refractivity contribution is 5.87. The zero-order valence-electron chi connectivity index (χ0n) is 15.9. The van der Waals surface area contributed by atoms with Crippen LogP contribution in [0.4, 0.5) is 0 Å². The van der Waals surface area contributed by atoms with Crippen molar-refractivity contribution in [1.82, 2.24) is 4.98 Å². The molecule has 3 aromatic rings. The highest BCUT2D eigenvalue weighted by Gasteiger charge is 2.12. The maximum atomic E-state index is 11.4. The van der Waals surface area contributed by atoms with Crippen LogP contribution in [-0.2, 0) is 22.4 Å². The van der Waals surface area contributed by atoms with Gasteiger partial charge in [-0.05, 0) is 50.1 Å². The average molecular weight is 365 g/mol. The number of hydrogen-bond acceptors (Lipinski definition) is 5. The number of nitrogens with zero attached hydrogens (tertiary/aromatic N) is 1. The fourth-order valence-electron chi connectivity index (χ4n) is 2.75. The number of aryl methyl sites for hydroxylation is 2. The quantitative estimate of drug-likeness (QED) is 0.332. The number of esters is 1. The highest BCUT2D eigenvalue weighted by Crippen LogP contribution is 2.32. The first-order valence-corrected chi connectivity index (χ1v) is 9.00. The van der Waals surface area contributed by atoms with Crippen molar-refractivity contribution < 1.29 is 18.7 Å².